The standard InChI is InChI=1S/C18H22N2O2S/c1-13-4-2-3-9-20(13)11-14-5-7-15(8-6-14)18-19-16(12-23-18)10-17(21)22/h5-8,12-13H,2-4,9-11H2,1H3,(H,21,22). The second kappa shape index (κ2) is 7.23. The molecule has 1 aliphatic heterocycles. The highest BCUT2D eigenvalue weighted by molar-refractivity contribution is 7.13. The Kier molecular flexibility index (Phi) is 5.08. The van der Waals surface area contributed by atoms with E-state index in [0.29, 0.717) is 11.7 Å². The number of carboxylic acid groups (broad SMARTS) is 1. The summed E-state index contributed by atoms with van der Waals surface area (Å²) in [6.07, 6.45) is 3.93. The summed E-state index contributed by atoms with van der Waals surface area (Å²) in [6.45, 7) is 4.50. The molecule has 0 saturated carbocycles. The van der Waals surface area contributed by atoms with Crippen LogP contribution in [0.3, 0.4) is 0 Å². The second-order valence-corrected chi connectivity index (χ2v) is 7.08. The predicted molar refractivity (Wildman–Crippen MR) is 92.6 cm³/mol. The van der Waals surface area contributed by atoms with Gasteiger partial charge in [0, 0.05) is 23.5 Å². The van der Waals surface area contributed by atoms with Crippen LogP contribution in [0.15, 0.2) is 29.6 Å². The van der Waals surface area contributed by atoms with Crippen LogP contribution in [0.1, 0.15) is 37.4 Å². The van der Waals surface area contributed by atoms with Crippen molar-refractivity contribution in [2.45, 2.75) is 45.2 Å². The van der Waals surface area contributed by atoms with E-state index in [1.54, 1.807) is 0 Å². The lowest BCUT2D eigenvalue weighted by Gasteiger charge is -2.33. The van der Waals surface area contributed by atoms with Crippen molar-refractivity contribution in [3.8, 4) is 10.6 Å². The maximum Gasteiger partial charge on any atom is 0.309 e. The highest BCUT2D eigenvalue weighted by atomic mass is 32.1. The number of carbonyl (C=O) groups is 1. The molecule has 2 heterocycles. The summed E-state index contributed by atoms with van der Waals surface area (Å²) in [7, 11) is 0. The Morgan fingerprint density at radius 1 is 1.35 bits per heavy atom. The zero-order chi connectivity index (χ0) is 16.2. The first-order chi connectivity index (χ1) is 11.1. The Balaban J connectivity index is 1.66. The van der Waals surface area contributed by atoms with Crippen molar-refractivity contribution in [1.82, 2.24) is 9.88 Å². The van der Waals surface area contributed by atoms with E-state index in [4.69, 9.17) is 5.11 Å². The van der Waals surface area contributed by atoms with E-state index in [2.05, 4.69) is 41.1 Å². The number of likely N-dealkylation sites (tertiary alicyclic amines) is 1. The molecular formula is C18H22N2O2S. The number of piperidine rings is 1. The molecule has 122 valence electrons. The summed E-state index contributed by atoms with van der Waals surface area (Å²) >= 11 is 1.50. The van der Waals surface area contributed by atoms with Crippen molar-refractivity contribution in [1.29, 1.82) is 0 Å². The molecule has 23 heavy (non-hydrogen) atoms. The lowest BCUT2D eigenvalue weighted by atomic mass is 10.0. The molecule has 0 bridgehead atoms. The van der Waals surface area contributed by atoms with E-state index >= 15 is 0 Å². The van der Waals surface area contributed by atoms with Crippen LogP contribution in [-0.2, 0) is 17.8 Å². The Hall–Kier alpha value is -1.72. The van der Waals surface area contributed by atoms with Crippen molar-refractivity contribution in [2.24, 2.45) is 0 Å². The molecule has 1 N–H and O–H groups in total. The van der Waals surface area contributed by atoms with Crippen LogP contribution in [0.2, 0.25) is 0 Å². The Bertz CT molecular complexity index is 666. The molecule has 1 fully saturated rings. The number of nitrogens with zero attached hydrogens (tertiary/aromatic N) is 2. The zero-order valence-corrected chi connectivity index (χ0v) is 14.2. The first-order valence-electron chi connectivity index (χ1n) is 8.11. The van der Waals surface area contributed by atoms with Crippen molar-refractivity contribution < 1.29 is 9.90 Å². The minimum Gasteiger partial charge on any atom is -0.481 e. The van der Waals surface area contributed by atoms with E-state index in [-0.39, 0.29) is 6.42 Å². The van der Waals surface area contributed by atoms with Crippen LogP contribution in [0.5, 0.6) is 0 Å². The topological polar surface area (TPSA) is 53.4 Å². The minimum absolute atomic E-state index is 0.0125. The first kappa shape index (κ1) is 16.1. The third kappa shape index (κ3) is 4.18. The van der Waals surface area contributed by atoms with Gasteiger partial charge >= 0.3 is 5.97 Å². The molecule has 1 atom stereocenters. The number of carboxylic acids is 1. The van der Waals surface area contributed by atoms with Crippen molar-refractivity contribution in [2.75, 3.05) is 6.54 Å². The van der Waals surface area contributed by atoms with Gasteiger partial charge in [0.25, 0.3) is 0 Å². The number of hydrogen-bond donors (Lipinski definition) is 1. The molecule has 1 aromatic heterocycles. The van der Waals surface area contributed by atoms with Gasteiger partial charge in [-0.3, -0.25) is 9.69 Å². The van der Waals surface area contributed by atoms with Gasteiger partial charge in [-0.05, 0) is 31.9 Å². The molecule has 1 saturated heterocycles. The second-order valence-electron chi connectivity index (χ2n) is 6.23. The van der Waals surface area contributed by atoms with E-state index in [1.807, 2.05) is 5.38 Å². The van der Waals surface area contributed by atoms with Crippen molar-refractivity contribution in [3.05, 3.63) is 40.9 Å². The van der Waals surface area contributed by atoms with Crippen LogP contribution in [0.4, 0.5) is 0 Å². The average molecular weight is 330 g/mol. The van der Waals surface area contributed by atoms with Gasteiger partial charge < -0.3 is 5.11 Å². The minimum atomic E-state index is -0.840. The smallest absolute Gasteiger partial charge is 0.309 e. The molecule has 5 heteroatoms. The average Bonchev–Trinajstić information content (AvgIpc) is 2.98. The van der Waals surface area contributed by atoms with Gasteiger partial charge in [0.15, 0.2) is 0 Å². The lowest BCUT2D eigenvalue weighted by Crippen LogP contribution is -2.36. The number of benzene rings is 1. The molecule has 3 rings (SSSR count). The van der Waals surface area contributed by atoms with E-state index in [1.165, 1.54) is 42.7 Å². The van der Waals surface area contributed by atoms with Crippen molar-refractivity contribution >= 4 is 17.3 Å². The third-order valence-corrected chi connectivity index (χ3v) is 5.35. The van der Waals surface area contributed by atoms with E-state index < -0.39 is 5.97 Å². The maximum atomic E-state index is 10.7. The fourth-order valence-electron chi connectivity index (χ4n) is 3.06. The zero-order valence-electron chi connectivity index (χ0n) is 13.4. The summed E-state index contributed by atoms with van der Waals surface area (Å²) < 4.78 is 0. The highest BCUT2D eigenvalue weighted by Crippen LogP contribution is 2.25. The van der Waals surface area contributed by atoms with Gasteiger partial charge in [-0.2, -0.15) is 0 Å². The monoisotopic (exact) mass is 330 g/mol. The van der Waals surface area contributed by atoms with Crippen LogP contribution < -0.4 is 0 Å². The summed E-state index contributed by atoms with van der Waals surface area (Å²) in [6, 6.07) is 9.17. The molecule has 1 aromatic carbocycles. The summed E-state index contributed by atoms with van der Waals surface area (Å²) in [4.78, 5) is 17.7. The Morgan fingerprint density at radius 2 is 2.13 bits per heavy atom. The van der Waals surface area contributed by atoms with Gasteiger partial charge in [-0.15, -0.1) is 11.3 Å². The van der Waals surface area contributed by atoms with E-state index in [9.17, 15) is 4.79 Å². The SMILES string of the molecule is CC1CCCCN1Cc1ccc(-c2nc(CC(=O)O)cs2)cc1. The predicted octanol–water partition coefficient (Wildman–Crippen LogP) is 3.81. The molecule has 1 aliphatic rings. The van der Waals surface area contributed by atoms with Gasteiger partial charge in [-0.1, -0.05) is 30.7 Å². The Labute approximate surface area is 140 Å². The number of aromatic nitrogens is 1. The van der Waals surface area contributed by atoms with Crippen LogP contribution >= 0.6 is 11.3 Å². The third-order valence-electron chi connectivity index (χ3n) is 4.41. The fourth-order valence-corrected chi connectivity index (χ4v) is 3.88. The van der Waals surface area contributed by atoms with Gasteiger partial charge in [-0.25, -0.2) is 4.98 Å². The highest BCUT2D eigenvalue weighted by Gasteiger charge is 2.18. The molecule has 4 nitrogen and oxygen atoms in total. The molecule has 0 radical (unpaired) electrons. The van der Waals surface area contributed by atoms with Gasteiger partial charge in [0.2, 0.25) is 0 Å². The summed E-state index contributed by atoms with van der Waals surface area (Å²) in [5, 5.41) is 11.5. The number of hydrogen-bond acceptors (Lipinski definition) is 4. The van der Waals surface area contributed by atoms with Crippen LogP contribution in [0.25, 0.3) is 10.6 Å². The lowest BCUT2D eigenvalue weighted by molar-refractivity contribution is -0.136. The Morgan fingerprint density at radius 3 is 2.83 bits per heavy atom. The molecule has 1 unspecified atom stereocenters. The molecule has 0 aliphatic carbocycles. The molecule has 2 aromatic rings. The largest absolute Gasteiger partial charge is 0.481 e. The van der Waals surface area contributed by atoms with Gasteiger partial charge in [0.05, 0.1) is 12.1 Å². The van der Waals surface area contributed by atoms with Crippen LogP contribution in [0, 0.1) is 0 Å². The molecule has 0 amide bonds. The number of aliphatic carboxylic acids is 1. The quantitative estimate of drug-likeness (QED) is 0.906. The molecular weight excluding hydrogens is 308 g/mol. The normalized spacial score (nSPS) is 18.9. The fraction of sp³-hybridized carbons (Fsp3) is 0.444. The van der Waals surface area contributed by atoms with E-state index in [0.717, 1.165) is 17.1 Å². The first-order valence-corrected chi connectivity index (χ1v) is 8.99. The van der Waals surface area contributed by atoms with Crippen LogP contribution in [-0.4, -0.2) is 33.5 Å². The number of thiazole rings is 1. The number of rotatable bonds is 5. The van der Waals surface area contributed by atoms with Gasteiger partial charge in [0.1, 0.15) is 5.01 Å². The summed E-state index contributed by atoms with van der Waals surface area (Å²) in [5.41, 5.74) is 3.01. The maximum absolute atomic E-state index is 10.7. The van der Waals surface area contributed by atoms with Crippen molar-refractivity contribution in [3.63, 3.8) is 0 Å². The molecule has 0 spiro atoms. The summed E-state index contributed by atoms with van der Waals surface area (Å²) in [5.74, 6) is -0.840.